The van der Waals surface area contributed by atoms with Crippen molar-refractivity contribution in [1.29, 1.82) is 0 Å². The van der Waals surface area contributed by atoms with E-state index in [4.69, 9.17) is 5.11 Å². The van der Waals surface area contributed by atoms with Crippen LogP contribution in [0.2, 0.25) is 0 Å². The zero-order valence-corrected chi connectivity index (χ0v) is 7.49. The van der Waals surface area contributed by atoms with E-state index < -0.39 is 11.6 Å². The first kappa shape index (κ1) is 11.6. The highest BCUT2D eigenvalue weighted by Crippen LogP contribution is 2.26. The molecule has 0 unspecified atom stereocenters. The summed E-state index contributed by atoms with van der Waals surface area (Å²) in [6.07, 6.45) is 0.285. The van der Waals surface area contributed by atoms with Crippen LogP contribution >= 0.6 is 12.4 Å². The van der Waals surface area contributed by atoms with Gasteiger partial charge in [0, 0.05) is 0 Å². The summed E-state index contributed by atoms with van der Waals surface area (Å²) in [5.74, 6) is -1.05. The molecule has 1 aliphatic rings. The van der Waals surface area contributed by atoms with E-state index in [1.165, 1.54) is 0 Å². The summed E-state index contributed by atoms with van der Waals surface area (Å²) in [6.45, 7) is 1.17. The quantitative estimate of drug-likeness (QED) is 0.694. The van der Waals surface area contributed by atoms with E-state index in [9.17, 15) is 9.18 Å². The summed E-state index contributed by atoms with van der Waals surface area (Å²) in [6, 6.07) is 0. The third-order valence-corrected chi connectivity index (χ3v) is 1.97. The molecule has 0 saturated carbocycles. The molecule has 1 aliphatic heterocycles. The summed E-state index contributed by atoms with van der Waals surface area (Å²) < 4.78 is 13.4. The van der Waals surface area contributed by atoms with Gasteiger partial charge in [-0.05, 0) is 25.9 Å². The van der Waals surface area contributed by atoms with Crippen molar-refractivity contribution >= 4 is 18.4 Å². The predicted molar refractivity (Wildman–Crippen MR) is 45.4 cm³/mol. The number of carboxylic acids is 1. The van der Waals surface area contributed by atoms with Gasteiger partial charge in [-0.1, -0.05) is 0 Å². The molecule has 1 saturated heterocycles. The van der Waals surface area contributed by atoms with Gasteiger partial charge in [0.1, 0.15) is 5.67 Å². The summed E-state index contributed by atoms with van der Waals surface area (Å²) in [5.41, 5.74) is -1.46. The molecule has 2 N–H and O–H groups in total. The van der Waals surface area contributed by atoms with Crippen LogP contribution in [-0.2, 0) is 4.79 Å². The van der Waals surface area contributed by atoms with E-state index in [0.29, 0.717) is 25.9 Å². The maximum Gasteiger partial charge on any atom is 0.306 e. The minimum Gasteiger partial charge on any atom is -0.481 e. The number of carboxylic acid groups (broad SMARTS) is 1. The number of rotatable bonds is 2. The van der Waals surface area contributed by atoms with Gasteiger partial charge in [-0.3, -0.25) is 4.79 Å². The minimum absolute atomic E-state index is 0. The van der Waals surface area contributed by atoms with E-state index in [-0.39, 0.29) is 18.8 Å². The number of hydrogen-bond donors (Lipinski definition) is 2. The van der Waals surface area contributed by atoms with E-state index in [0.717, 1.165) is 0 Å². The lowest BCUT2D eigenvalue weighted by molar-refractivity contribution is -0.140. The van der Waals surface area contributed by atoms with E-state index in [1.807, 2.05) is 0 Å². The molecular formula is C7H13ClFNO2. The maximum absolute atomic E-state index is 13.4. The Kier molecular flexibility index (Phi) is 4.49. The van der Waals surface area contributed by atoms with Gasteiger partial charge in [0.2, 0.25) is 0 Å². The van der Waals surface area contributed by atoms with Gasteiger partial charge in [0.05, 0.1) is 6.42 Å². The van der Waals surface area contributed by atoms with Crippen LogP contribution in [0.25, 0.3) is 0 Å². The zero-order valence-electron chi connectivity index (χ0n) is 6.68. The van der Waals surface area contributed by atoms with Gasteiger partial charge in [-0.25, -0.2) is 4.39 Å². The Morgan fingerprint density at radius 2 is 2.00 bits per heavy atom. The molecule has 0 amide bonds. The second-order valence-corrected chi connectivity index (χ2v) is 2.97. The molecule has 1 rings (SSSR count). The van der Waals surface area contributed by atoms with Crippen molar-refractivity contribution in [2.75, 3.05) is 13.1 Å². The molecule has 72 valence electrons. The summed E-state index contributed by atoms with van der Waals surface area (Å²) in [7, 11) is 0. The highest BCUT2D eigenvalue weighted by atomic mass is 35.5. The standard InChI is InChI=1S/C7H12FNO2.ClH/c8-7(5-6(10)11)1-3-9-4-2-7;/h9H,1-5H2,(H,10,11);1H. The molecule has 1 heterocycles. The first-order valence-electron chi connectivity index (χ1n) is 3.74. The Labute approximate surface area is 76.7 Å². The lowest BCUT2D eigenvalue weighted by Crippen LogP contribution is -2.40. The van der Waals surface area contributed by atoms with E-state index in [1.54, 1.807) is 0 Å². The SMILES string of the molecule is Cl.O=C(O)CC1(F)CCNCC1. The number of aliphatic carboxylic acids is 1. The third-order valence-electron chi connectivity index (χ3n) is 1.97. The molecule has 0 aromatic heterocycles. The number of halogens is 2. The van der Waals surface area contributed by atoms with Crippen molar-refractivity contribution in [3.63, 3.8) is 0 Å². The Morgan fingerprint density at radius 1 is 1.50 bits per heavy atom. The smallest absolute Gasteiger partial charge is 0.306 e. The van der Waals surface area contributed by atoms with E-state index in [2.05, 4.69) is 5.32 Å². The second-order valence-electron chi connectivity index (χ2n) is 2.97. The Balaban J connectivity index is 0.00000121. The molecule has 0 aromatic carbocycles. The molecule has 0 aromatic rings. The third kappa shape index (κ3) is 3.36. The molecule has 0 spiro atoms. The molecule has 0 bridgehead atoms. The largest absolute Gasteiger partial charge is 0.481 e. The Bertz CT molecular complexity index is 159. The van der Waals surface area contributed by atoms with Gasteiger partial charge in [-0.2, -0.15) is 0 Å². The van der Waals surface area contributed by atoms with Crippen LogP contribution in [0.15, 0.2) is 0 Å². The molecule has 1 fully saturated rings. The fourth-order valence-corrected chi connectivity index (χ4v) is 1.32. The fourth-order valence-electron chi connectivity index (χ4n) is 1.32. The van der Waals surface area contributed by atoms with Gasteiger partial charge in [0.25, 0.3) is 0 Å². The van der Waals surface area contributed by atoms with Crippen molar-refractivity contribution in [3.8, 4) is 0 Å². The van der Waals surface area contributed by atoms with Crippen LogP contribution in [0.1, 0.15) is 19.3 Å². The van der Waals surface area contributed by atoms with Crippen molar-refractivity contribution in [2.45, 2.75) is 24.9 Å². The number of carbonyl (C=O) groups is 1. The van der Waals surface area contributed by atoms with Gasteiger partial charge < -0.3 is 10.4 Å². The number of piperidine rings is 1. The van der Waals surface area contributed by atoms with Crippen molar-refractivity contribution < 1.29 is 14.3 Å². The normalized spacial score (nSPS) is 21.1. The van der Waals surface area contributed by atoms with Crippen LogP contribution in [0.5, 0.6) is 0 Å². The van der Waals surface area contributed by atoms with Gasteiger partial charge >= 0.3 is 5.97 Å². The first-order valence-corrected chi connectivity index (χ1v) is 3.74. The first-order chi connectivity index (χ1) is 5.12. The molecule has 12 heavy (non-hydrogen) atoms. The molecular weight excluding hydrogens is 185 g/mol. The number of nitrogens with one attached hydrogen (secondary N) is 1. The molecule has 3 nitrogen and oxygen atoms in total. The topological polar surface area (TPSA) is 49.3 Å². The summed E-state index contributed by atoms with van der Waals surface area (Å²) in [5, 5.41) is 11.4. The average Bonchev–Trinajstić information content (AvgIpc) is 1.85. The summed E-state index contributed by atoms with van der Waals surface area (Å²) in [4.78, 5) is 10.2. The van der Waals surface area contributed by atoms with Crippen molar-refractivity contribution in [2.24, 2.45) is 0 Å². The molecule has 0 radical (unpaired) electrons. The van der Waals surface area contributed by atoms with Crippen molar-refractivity contribution in [1.82, 2.24) is 5.32 Å². The van der Waals surface area contributed by atoms with Gasteiger partial charge in [-0.15, -0.1) is 12.4 Å². The number of alkyl halides is 1. The number of hydrogen-bond acceptors (Lipinski definition) is 2. The molecule has 0 aliphatic carbocycles. The minimum atomic E-state index is -1.46. The van der Waals surface area contributed by atoms with Gasteiger partial charge in [0.15, 0.2) is 0 Å². The Hall–Kier alpha value is -0.350. The Morgan fingerprint density at radius 3 is 2.42 bits per heavy atom. The zero-order chi connectivity index (χ0) is 8.32. The van der Waals surface area contributed by atoms with Crippen LogP contribution < -0.4 is 5.32 Å². The fraction of sp³-hybridized carbons (Fsp3) is 0.857. The highest BCUT2D eigenvalue weighted by Gasteiger charge is 2.33. The average molecular weight is 198 g/mol. The molecule has 5 heteroatoms. The highest BCUT2D eigenvalue weighted by molar-refractivity contribution is 5.85. The second kappa shape index (κ2) is 4.62. The van der Waals surface area contributed by atoms with Crippen LogP contribution in [-0.4, -0.2) is 29.8 Å². The lowest BCUT2D eigenvalue weighted by Gasteiger charge is -2.28. The van der Waals surface area contributed by atoms with Crippen LogP contribution in [0, 0.1) is 0 Å². The predicted octanol–water partition coefficient (Wildman–Crippen LogP) is 0.975. The molecule has 0 atom stereocenters. The van der Waals surface area contributed by atoms with Crippen molar-refractivity contribution in [3.05, 3.63) is 0 Å². The van der Waals surface area contributed by atoms with Crippen LogP contribution in [0.3, 0.4) is 0 Å². The monoisotopic (exact) mass is 197 g/mol. The summed E-state index contributed by atoms with van der Waals surface area (Å²) >= 11 is 0. The van der Waals surface area contributed by atoms with E-state index >= 15 is 0 Å². The van der Waals surface area contributed by atoms with Crippen LogP contribution in [0.4, 0.5) is 4.39 Å². The lowest BCUT2D eigenvalue weighted by atomic mass is 9.91. The maximum atomic E-state index is 13.4.